The zero-order valence-electron chi connectivity index (χ0n) is 9.43. The zero-order valence-corrected chi connectivity index (χ0v) is 10.3. The fourth-order valence-corrected chi connectivity index (χ4v) is 2.27. The summed E-state index contributed by atoms with van der Waals surface area (Å²) < 4.78 is 1.78. The first-order valence-electron chi connectivity index (χ1n) is 5.41. The lowest BCUT2D eigenvalue weighted by atomic mass is 10.2. The number of rotatable bonds is 4. The molecule has 0 atom stereocenters. The Morgan fingerprint density at radius 2 is 2.31 bits per heavy atom. The number of ketones is 1. The quantitative estimate of drug-likeness (QED) is 0.762. The Bertz CT molecular complexity index is 485. The molecule has 0 aromatic carbocycles. The van der Waals surface area contributed by atoms with Gasteiger partial charge in [-0.25, -0.2) is 0 Å². The van der Waals surface area contributed by atoms with Crippen LogP contribution < -0.4 is 0 Å². The minimum atomic E-state index is 0.0732. The average Bonchev–Trinajstić information content (AvgIpc) is 2.96. The lowest BCUT2D eigenvalue weighted by Crippen LogP contribution is -2.09. The molecule has 2 heterocycles. The number of carbonyl (C=O) groups is 1. The molecule has 0 saturated heterocycles. The number of nitrogens with zero attached hydrogens (tertiary/aromatic N) is 2. The number of thiophene rings is 1. The topological polar surface area (TPSA) is 34.9 Å². The fraction of sp³-hybridized carbons (Fsp3) is 0.333. The van der Waals surface area contributed by atoms with Gasteiger partial charge < -0.3 is 0 Å². The van der Waals surface area contributed by atoms with Crippen molar-refractivity contribution < 1.29 is 4.79 Å². The highest BCUT2D eigenvalue weighted by molar-refractivity contribution is 7.12. The van der Waals surface area contributed by atoms with E-state index in [1.165, 1.54) is 11.3 Å². The first-order valence-corrected chi connectivity index (χ1v) is 6.29. The smallest absolute Gasteiger partial charge is 0.220 e. The van der Waals surface area contributed by atoms with Gasteiger partial charge >= 0.3 is 0 Å². The largest absolute Gasteiger partial charge is 0.286 e. The summed E-state index contributed by atoms with van der Waals surface area (Å²) in [4.78, 5) is 12.9. The highest BCUT2D eigenvalue weighted by Crippen LogP contribution is 2.16. The monoisotopic (exact) mass is 234 g/mol. The number of aryl methyl sites for hydroxylation is 2. The van der Waals surface area contributed by atoms with Crippen LogP contribution in [-0.4, -0.2) is 15.6 Å². The van der Waals surface area contributed by atoms with Crippen molar-refractivity contribution in [3.05, 3.63) is 39.8 Å². The summed E-state index contributed by atoms with van der Waals surface area (Å²) in [7, 11) is 0. The van der Waals surface area contributed by atoms with Crippen molar-refractivity contribution in [3.63, 3.8) is 0 Å². The van der Waals surface area contributed by atoms with Crippen LogP contribution in [0.4, 0.5) is 0 Å². The Hall–Kier alpha value is -1.42. The molecule has 0 amide bonds. The van der Waals surface area contributed by atoms with Crippen LogP contribution in [0.15, 0.2) is 23.6 Å². The second-order valence-electron chi connectivity index (χ2n) is 3.50. The van der Waals surface area contributed by atoms with E-state index in [1.807, 2.05) is 37.4 Å². The molecule has 0 aliphatic rings. The van der Waals surface area contributed by atoms with E-state index in [0.717, 1.165) is 23.5 Å². The van der Waals surface area contributed by atoms with Gasteiger partial charge in [0.25, 0.3) is 0 Å². The van der Waals surface area contributed by atoms with E-state index in [0.29, 0.717) is 5.69 Å². The maximum absolute atomic E-state index is 12.2. The maximum atomic E-state index is 12.2. The molecule has 2 aromatic heterocycles. The molecule has 0 bridgehead atoms. The predicted molar refractivity (Wildman–Crippen MR) is 65.0 cm³/mol. The molecule has 0 unspecified atom stereocenters. The molecular formula is C12H14N2OS. The minimum absolute atomic E-state index is 0.0732. The van der Waals surface area contributed by atoms with E-state index in [-0.39, 0.29) is 5.78 Å². The highest BCUT2D eigenvalue weighted by Gasteiger charge is 2.16. The van der Waals surface area contributed by atoms with Gasteiger partial charge in [-0.15, -0.1) is 11.3 Å². The van der Waals surface area contributed by atoms with Crippen LogP contribution in [0.25, 0.3) is 0 Å². The number of hydrogen-bond donors (Lipinski definition) is 0. The molecule has 2 rings (SSSR count). The van der Waals surface area contributed by atoms with Gasteiger partial charge in [-0.05, 0) is 30.9 Å². The Kier molecular flexibility index (Phi) is 3.19. The summed E-state index contributed by atoms with van der Waals surface area (Å²) in [5.74, 6) is 0.0732. The van der Waals surface area contributed by atoms with Crippen LogP contribution in [0.5, 0.6) is 0 Å². The van der Waals surface area contributed by atoms with E-state index in [4.69, 9.17) is 0 Å². The Morgan fingerprint density at radius 1 is 1.50 bits per heavy atom. The van der Waals surface area contributed by atoms with Gasteiger partial charge in [-0.1, -0.05) is 13.0 Å². The summed E-state index contributed by atoms with van der Waals surface area (Å²) in [6.45, 7) is 4.77. The van der Waals surface area contributed by atoms with E-state index < -0.39 is 0 Å². The van der Waals surface area contributed by atoms with Gasteiger partial charge in [-0.3, -0.25) is 9.48 Å². The van der Waals surface area contributed by atoms with Gasteiger partial charge in [0.15, 0.2) is 0 Å². The van der Waals surface area contributed by atoms with Crippen LogP contribution in [0.2, 0.25) is 0 Å². The van der Waals surface area contributed by atoms with Gasteiger partial charge in [0.05, 0.1) is 10.6 Å². The van der Waals surface area contributed by atoms with Crippen LogP contribution >= 0.6 is 11.3 Å². The molecule has 0 fully saturated rings. The lowest BCUT2D eigenvalue weighted by Gasteiger charge is -2.01. The first kappa shape index (κ1) is 11.1. The molecule has 0 radical (unpaired) electrons. The lowest BCUT2D eigenvalue weighted by molar-refractivity contribution is 0.103. The summed E-state index contributed by atoms with van der Waals surface area (Å²) >= 11 is 1.47. The van der Waals surface area contributed by atoms with E-state index in [2.05, 4.69) is 5.10 Å². The molecule has 0 N–H and O–H groups in total. The predicted octanol–water partition coefficient (Wildman–Crippen LogP) is 2.76. The van der Waals surface area contributed by atoms with Crippen molar-refractivity contribution in [1.82, 2.24) is 9.78 Å². The summed E-state index contributed by atoms with van der Waals surface area (Å²) in [6.07, 6.45) is 0.859. The van der Waals surface area contributed by atoms with Crippen molar-refractivity contribution in [3.8, 4) is 0 Å². The van der Waals surface area contributed by atoms with Gasteiger partial charge in [0.2, 0.25) is 5.78 Å². The van der Waals surface area contributed by atoms with Gasteiger partial charge in [-0.2, -0.15) is 5.10 Å². The standard InChI is InChI=1S/C12H14N2OS/c1-3-9-8-10(14(4-2)13-9)12(15)11-6-5-7-16-11/h5-8H,3-4H2,1-2H3. The van der Waals surface area contributed by atoms with E-state index in [9.17, 15) is 4.79 Å². The second-order valence-corrected chi connectivity index (χ2v) is 4.44. The van der Waals surface area contributed by atoms with Crippen molar-refractivity contribution in [2.24, 2.45) is 0 Å². The Labute approximate surface area is 98.7 Å². The first-order chi connectivity index (χ1) is 7.76. The molecule has 0 aliphatic carbocycles. The van der Waals surface area contributed by atoms with Crippen molar-refractivity contribution in [1.29, 1.82) is 0 Å². The molecule has 3 nitrogen and oxygen atoms in total. The summed E-state index contributed by atoms with van der Waals surface area (Å²) in [5, 5.41) is 6.30. The zero-order chi connectivity index (χ0) is 11.5. The molecule has 0 spiro atoms. The molecule has 4 heteroatoms. The van der Waals surface area contributed by atoms with E-state index in [1.54, 1.807) is 4.68 Å². The Balaban J connectivity index is 2.39. The maximum Gasteiger partial charge on any atom is 0.220 e. The van der Waals surface area contributed by atoms with Crippen molar-refractivity contribution in [2.75, 3.05) is 0 Å². The molecule has 2 aromatic rings. The minimum Gasteiger partial charge on any atom is -0.286 e. The fourth-order valence-electron chi connectivity index (χ4n) is 1.60. The molecule has 16 heavy (non-hydrogen) atoms. The van der Waals surface area contributed by atoms with Crippen LogP contribution in [-0.2, 0) is 13.0 Å². The van der Waals surface area contributed by atoms with Crippen LogP contribution in [0.1, 0.15) is 34.9 Å². The number of hydrogen-bond acceptors (Lipinski definition) is 3. The molecule has 0 aliphatic heterocycles. The SMILES string of the molecule is CCc1cc(C(=O)c2cccs2)n(CC)n1. The van der Waals surface area contributed by atoms with Crippen LogP contribution in [0, 0.1) is 0 Å². The highest BCUT2D eigenvalue weighted by atomic mass is 32.1. The van der Waals surface area contributed by atoms with Crippen molar-refractivity contribution >= 4 is 17.1 Å². The summed E-state index contributed by atoms with van der Waals surface area (Å²) in [5.41, 5.74) is 1.67. The molecule has 0 saturated carbocycles. The second kappa shape index (κ2) is 4.61. The molecular weight excluding hydrogens is 220 g/mol. The van der Waals surface area contributed by atoms with Crippen LogP contribution in [0.3, 0.4) is 0 Å². The van der Waals surface area contributed by atoms with Gasteiger partial charge in [0, 0.05) is 6.54 Å². The number of carbonyl (C=O) groups excluding carboxylic acids is 1. The molecule has 84 valence electrons. The third kappa shape index (κ3) is 1.93. The third-order valence-corrected chi connectivity index (χ3v) is 3.34. The van der Waals surface area contributed by atoms with E-state index >= 15 is 0 Å². The Morgan fingerprint density at radius 3 is 2.88 bits per heavy atom. The van der Waals surface area contributed by atoms with Gasteiger partial charge in [0.1, 0.15) is 5.69 Å². The van der Waals surface area contributed by atoms with Crippen molar-refractivity contribution in [2.45, 2.75) is 26.8 Å². The number of aromatic nitrogens is 2. The normalized spacial score (nSPS) is 10.6. The average molecular weight is 234 g/mol. The third-order valence-electron chi connectivity index (χ3n) is 2.47. The summed E-state index contributed by atoms with van der Waals surface area (Å²) in [6, 6.07) is 5.64.